The van der Waals surface area contributed by atoms with Gasteiger partial charge in [-0.3, -0.25) is 9.59 Å². The van der Waals surface area contributed by atoms with Crippen LogP contribution in [0.15, 0.2) is 84.9 Å². The second-order valence-electron chi connectivity index (χ2n) is 6.04. The number of benzene rings is 3. The molecule has 1 N–H and O–H groups in total. The average molecular weight is 346 g/mol. The highest BCUT2D eigenvalue weighted by molar-refractivity contribution is 6.09. The van der Waals surface area contributed by atoms with E-state index in [1.165, 1.54) is 5.56 Å². The van der Waals surface area contributed by atoms with Crippen molar-refractivity contribution in [3.63, 3.8) is 0 Å². The Morgan fingerprint density at radius 3 is 1.81 bits per heavy atom. The molecule has 3 aromatic carbocycles. The molecule has 0 saturated carbocycles. The molecule has 0 fully saturated rings. The molecule has 3 heteroatoms. The van der Waals surface area contributed by atoms with E-state index in [1.54, 1.807) is 55.5 Å². The number of carbonyl (C=O) groups excluding carboxylic acids is 1. The van der Waals surface area contributed by atoms with E-state index >= 15 is 0 Å². The summed E-state index contributed by atoms with van der Waals surface area (Å²) in [5.74, 6) is -1.62. The molecule has 0 bridgehead atoms. The molecular formula is C23H22O3. The summed E-state index contributed by atoms with van der Waals surface area (Å²) in [6, 6.07) is 26.0. The zero-order valence-corrected chi connectivity index (χ0v) is 14.9. The van der Waals surface area contributed by atoms with Crippen molar-refractivity contribution in [3.8, 4) is 0 Å². The number of rotatable bonds is 4. The fourth-order valence-electron chi connectivity index (χ4n) is 2.38. The van der Waals surface area contributed by atoms with Crippen LogP contribution in [0.2, 0.25) is 0 Å². The number of hydrogen-bond acceptors (Lipinski definition) is 2. The molecule has 0 saturated heterocycles. The standard InChI is InChI=1S/C16H14O3.C7H8/c1-11(16(18)19)13-8-5-9-14(10-13)15(17)12-6-3-2-4-7-12;1-7-5-3-2-4-6-7/h2-11H,1H3,(H,18,19);2-6H,1H3/t11-;/m1./s1. The van der Waals surface area contributed by atoms with Crippen LogP contribution in [-0.2, 0) is 4.79 Å². The number of carboxylic acids is 1. The summed E-state index contributed by atoms with van der Waals surface area (Å²) in [5.41, 5.74) is 3.07. The number of carboxylic acid groups (broad SMARTS) is 1. The van der Waals surface area contributed by atoms with Crippen LogP contribution in [0.1, 0.15) is 39.9 Å². The van der Waals surface area contributed by atoms with E-state index in [0.717, 1.165) is 0 Å². The normalized spacial score (nSPS) is 11.0. The molecule has 0 aliphatic carbocycles. The van der Waals surface area contributed by atoms with E-state index in [1.807, 2.05) is 24.3 Å². The molecule has 0 heterocycles. The van der Waals surface area contributed by atoms with Crippen molar-refractivity contribution in [3.05, 3.63) is 107 Å². The Balaban J connectivity index is 0.000000290. The topological polar surface area (TPSA) is 54.4 Å². The first-order valence-corrected chi connectivity index (χ1v) is 8.43. The molecule has 3 rings (SSSR count). The zero-order valence-electron chi connectivity index (χ0n) is 14.9. The first kappa shape index (κ1) is 19.1. The Labute approximate surface area is 153 Å². The van der Waals surface area contributed by atoms with Crippen molar-refractivity contribution >= 4 is 11.8 Å². The SMILES string of the molecule is C[C@@H](C(=O)O)c1cccc(C(=O)c2ccccc2)c1.Cc1ccccc1. The van der Waals surface area contributed by atoms with E-state index in [0.29, 0.717) is 16.7 Å². The lowest BCUT2D eigenvalue weighted by Gasteiger charge is -2.08. The minimum absolute atomic E-state index is 0.0972. The minimum atomic E-state index is -0.899. The maximum Gasteiger partial charge on any atom is 0.310 e. The molecule has 1 atom stereocenters. The Morgan fingerprint density at radius 1 is 0.769 bits per heavy atom. The molecule has 132 valence electrons. The molecule has 0 radical (unpaired) electrons. The maximum atomic E-state index is 12.2. The smallest absolute Gasteiger partial charge is 0.310 e. The molecule has 0 amide bonds. The Hall–Kier alpha value is -3.20. The van der Waals surface area contributed by atoms with E-state index < -0.39 is 11.9 Å². The van der Waals surface area contributed by atoms with Gasteiger partial charge in [0.2, 0.25) is 0 Å². The van der Waals surface area contributed by atoms with Crippen molar-refractivity contribution < 1.29 is 14.7 Å². The van der Waals surface area contributed by atoms with Gasteiger partial charge in [0.25, 0.3) is 0 Å². The average Bonchev–Trinajstić information content (AvgIpc) is 2.68. The van der Waals surface area contributed by atoms with Crippen LogP contribution in [-0.4, -0.2) is 16.9 Å². The second-order valence-corrected chi connectivity index (χ2v) is 6.04. The first-order chi connectivity index (χ1) is 12.5. The molecular weight excluding hydrogens is 324 g/mol. The number of hydrogen-bond donors (Lipinski definition) is 1. The third-order valence-corrected chi connectivity index (χ3v) is 4.00. The Kier molecular flexibility index (Phi) is 6.86. The van der Waals surface area contributed by atoms with Crippen LogP contribution in [0, 0.1) is 6.92 Å². The molecule has 0 unspecified atom stereocenters. The summed E-state index contributed by atoms with van der Waals surface area (Å²) in [7, 11) is 0. The van der Waals surface area contributed by atoms with E-state index in [2.05, 4.69) is 19.1 Å². The monoisotopic (exact) mass is 346 g/mol. The molecule has 0 aliphatic rings. The van der Waals surface area contributed by atoms with Gasteiger partial charge in [-0.25, -0.2) is 0 Å². The Morgan fingerprint density at radius 2 is 1.31 bits per heavy atom. The van der Waals surface area contributed by atoms with Crippen molar-refractivity contribution in [2.45, 2.75) is 19.8 Å². The number of ketones is 1. The maximum absolute atomic E-state index is 12.2. The van der Waals surface area contributed by atoms with Crippen molar-refractivity contribution in [1.29, 1.82) is 0 Å². The van der Waals surface area contributed by atoms with Crippen LogP contribution < -0.4 is 0 Å². The van der Waals surface area contributed by atoms with Gasteiger partial charge in [0, 0.05) is 11.1 Å². The van der Waals surface area contributed by atoms with Crippen LogP contribution in [0.4, 0.5) is 0 Å². The van der Waals surface area contributed by atoms with Gasteiger partial charge in [-0.1, -0.05) is 84.4 Å². The lowest BCUT2D eigenvalue weighted by Crippen LogP contribution is -2.09. The summed E-state index contributed by atoms with van der Waals surface area (Å²) in [6.45, 7) is 3.69. The van der Waals surface area contributed by atoms with Gasteiger partial charge >= 0.3 is 5.97 Å². The highest BCUT2D eigenvalue weighted by atomic mass is 16.4. The van der Waals surface area contributed by atoms with Gasteiger partial charge in [0.1, 0.15) is 0 Å². The first-order valence-electron chi connectivity index (χ1n) is 8.43. The fraction of sp³-hybridized carbons (Fsp3) is 0.130. The number of aryl methyl sites for hydroxylation is 1. The third-order valence-electron chi connectivity index (χ3n) is 4.00. The Bertz CT molecular complexity index is 855. The highest BCUT2D eigenvalue weighted by Crippen LogP contribution is 2.18. The predicted octanol–water partition coefficient (Wildman–Crippen LogP) is 5.10. The summed E-state index contributed by atoms with van der Waals surface area (Å²) < 4.78 is 0. The predicted molar refractivity (Wildman–Crippen MR) is 104 cm³/mol. The van der Waals surface area contributed by atoms with E-state index in [-0.39, 0.29) is 5.78 Å². The van der Waals surface area contributed by atoms with Crippen molar-refractivity contribution in [1.82, 2.24) is 0 Å². The highest BCUT2D eigenvalue weighted by Gasteiger charge is 2.16. The fourth-order valence-corrected chi connectivity index (χ4v) is 2.38. The van der Waals surface area contributed by atoms with Crippen molar-refractivity contribution in [2.24, 2.45) is 0 Å². The lowest BCUT2D eigenvalue weighted by molar-refractivity contribution is -0.138. The minimum Gasteiger partial charge on any atom is -0.481 e. The molecule has 3 nitrogen and oxygen atoms in total. The summed E-state index contributed by atoms with van der Waals surface area (Å²) in [4.78, 5) is 23.2. The quantitative estimate of drug-likeness (QED) is 0.669. The van der Waals surface area contributed by atoms with Gasteiger partial charge in [-0.05, 0) is 25.5 Å². The number of carbonyl (C=O) groups is 2. The van der Waals surface area contributed by atoms with Crippen LogP contribution in [0.5, 0.6) is 0 Å². The number of aliphatic carboxylic acids is 1. The van der Waals surface area contributed by atoms with E-state index in [9.17, 15) is 9.59 Å². The van der Waals surface area contributed by atoms with Crippen LogP contribution in [0.25, 0.3) is 0 Å². The lowest BCUT2D eigenvalue weighted by atomic mass is 9.96. The van der Waals surface area contributed by atoms with E-state index in [4.69, 9.17) is 5.11 Å². The van der Waals surface area contributed by atoms with Crippen LogP contribution in [0.3, 0.4) is 0 Å². The summed E-state index contributed by atoms with van der Waals surface area (Å²) in [6.07, 6.45) is 0. The second kappa shape index (κ2) is 9.33. The van der Waals surface area contributed by atoms with Gasteiger partial charge in [0.05, 0.1) is 5.92 Å². The third kappa shape index (κ3) is 5.42. The van der Waals surface area contributed by atoms with Crippen molar-refractivity contribution in [2.75, 3.05) is 0 Å². The summed E-state index contributed by atoms with van der Waals surface area (Å²) >= 11 is 0. The molecule has 0 aliphatic heterocycles. The molecule has 0 aromatic heterocycles. The zero-order chi connectivity index (χ0) is 18.9. The largest absolute Gasteiger partial charge is 0.481 e. The van der Waals surface area contributed by atoms with Crippen LogP contribution >= 0.6 is 0 Å². The molecule has 3 aromatic rings. The summed E-state index contributed by atoms with van der Waals surface area (Å²) in [5, 5.41) is 9.00. The van der Waals surface area contributed by atoms with Gasteiger partial charge < -0.3 is 5.11 Å². The van der Waals surface area contributed by atoms with Gasteiger partial charge in [0.15, 0.2) is 5.78 Å². The van der Waals surface area contributed by atoms with Gasteiger partial charge in [-0.15, -0.1) is 0 Å². The molecule has 26 heavy (non-hydrogen) atoms. The van der Waals surface area contributed by atoms with Gasteiger partial charge in [-0.2, -0.15) is 0 Å². The molecule has 0 spiro atoms.